The lowest BCUT2D eigenvalue weighted by atomic mass is 10.1. The van der Waals surface area contributed by atoms with Crippen LogP contribution in [0.3, 0.4) is 0 Å². The van der Waals surface area contributed by atoms with Crippen molar-refractivity contribution in [1.29, 1.82) is 0 Å². The zero-order chi connectivity index (χ0) is 15.2. The van der Waals surface area contributed by atoms with Gasteiger partial charge in [0.1, 0.15) is 0 Å². The summed E-state index contributed by atoms with van der Waals surface area (Å²) in [5.74, 6) is -0.0982. The first-order valence-corrected chi connectivity index (χ1v) is 7.84. The second-order valence-corrected chi connectivity index (χ2v) is 5.91. The molecule has 0 aliphatic carbocycles. The second-order valence-electron chi connectivity index (χ2n) is 4.88. The predicted octanol–water partition coefficient (Wildman–Crippen LogP) is 2.71. The minimum Gasteiger partial charge on any atom is -0.356 e. The average molecular weight is 305 g/mol. The van der Waals surface area contributed by atoms with Crippen molar-refractivity contribution in [3.63, 3.8) is 0 Å². The summed E-state index contributed by atoms with van der Waals surface area (Å²) in [5.41, 5.74) is 1.79. The number of hydrogen-bond donors (Lipinski definition) is 2. The smallest absolute Gasteiger partial charge is 0.224 e. The van der Waals surface area contributed by atoms with E-state index < -0.39 is 0 Å². The van der Waals surface area contributed by atoms with Gasteiger partial charge in [-0.15, -0.1) is 0 Å². The monoisotopic (exact) mass is 305 g/mol. The second kappa shape index (κ2) is 7.17. The van der Waals surface area contributed by atoms with Gasteiger partial charge in [-0.2, -0.15) is 0 Å². The standard InChI is InChI=1S/C15H19N3O2S/c1-3-4-7-16-14(20)9-11-5-6-12-13(8-11)21-15(18-12)17-10(2)19/h5-6,8H,3-4,7,9H2,1-2H3,(H,16,20)(H,17,18,19). The molecule has 2 aromatic rings. The number of nitrogens with zero attached hydrogens (tertiary/aromatic N) is 1. The highest BCUT2D eigenvalue weighted by Crippen LogP contribution is 2.26. The topological polar surface area (TPSA) is 71.1 Å². The molecule has 0 saturated carbocycles. The van der Waals surface area contributed by atoms with Gasteiger partial charge in [-0.25, -0.2) is 4.98 Å². The molecule has 5 nitrogen and oxygen atoms in total. The summed E-state index contributed by atoms with van der Waals surface area (Å²) in [6.45, 7) is 4.28. The molecule has 0 bridgehead atoms. The molecule has 0 aliphatic rings. The van der Waals surface area contributed by atoms with E-state index in [9.17, 15) is 9.59 Å². The number of aromatic nitrogens is 1. The Morgan fingerprint density at radius 3 is 2.86 bits per heavy atom. The molecule has 1 heterocycles. The van der Waals surface area contributed by atoms with E-state index in [1.165, 1.54) is 18.3 Å². The van der Waals surface area contributed by atoms with Gasteiger partial charge in [-0.05, 0) is 24.1 Å². The maximum atomic E-state index is 11.8. The Hall–Kier alpha value is -1.95. The van der Waals surface area contributed by atoms with Crippen LogP contribution in [-0.4, -0.2) is 23.3 Å². The lowest BCUT2D eigenvalue weighted by molar-refractivity contribution is -0.120. The molecule has 1 aromatic heterocycles. The summed E-state index contributed by atoms with van der Waals surface area (Å²) in [5, 5.41) is 6.17. The molecule has 0 spiro atoms. The normalized spacial score (nSPS) is 10.6. The summed E-state index contributed by atoms with van der Waals surface area (Å²) in [6.07, 6.45) is 2.44. The first-order chi connectivity index (χ1) is 10.1. The van der Waals surface area contributed by atoms with Gasteiger partial charge in [0.15, 0.2) is 5.13 Å². The van der Waals surface area contributed by atoms with Crippen LogP contribution in [0.5, 0.6) is 0 Å². The maximum Gasteiger partial charge on any atom is 0.224 e. The maximum absolute atomic E-state index is 11.8. The minimum atomic E-state index is -0.135. The van der Waals surface area contributed by atoms with Crippen molar-refractivity contribution in [1.82, 2.24) is 10.3 Å². The number of thiazole rings is 1. The Labute approximate surface area is 127 Å². The molecule has 2 N–H and O–H groups in total. The van der Waals surface area contributed by atoms with Crippen LogP contribution in [0.1, 0.15) is 32.3 Å². The number of amides is 2. The van der Waals surface area contributed by atoms with Crippen molar-refractivity contribution in [2.24, 2.45) is 0 Å². The molecule has 0 saturated heterocycles. The Morgan fingerprint density at radius 2 is 2.14 bits per heavy atom. The van der Waals surface area contributed by atoms with Gasteiger partial charge >= 0.3 is 0 Å². The van der Waals surface area contributed by atoms with Crippen LogP contribution in [0.2, 0.25) is 0 Å². The number of rotatable bonds is 6. The van der Waals surface area contributed by atoms with Gasteiger partial charge < -0.3 is 10.6 Å². The quantitative estimate of drug-likeness (QED) is 0.806. The Morgan fingerprint density at radius 1 is 1.33 bits per heavy atom. The summed E-state index contributed by atoms with van der Waals surface area (Å²) >= 11 is 1.41. The summed E-state index contributed by atoms with van der Waals surface area (Å²) in [4.78, 5) is 27.1. The van der Waals surface area contributed by atoms with Crippen molar-refractivity contribution in [3.05, 3.63) is 23.8 Å². The molecule has 112 valence electrons. The van der Waals surface area contributed by atoms with Crippen molar-refractivity contribution < 1.29 is 9.59 Å². The van der Waals surface area contributed by atoms with Crippen molar-refractivity contribution in [2.75, 3.05) is 11.9 Å². The van der Waals surface area contributed by atoms with Gasteiger partial charge in [0.25, 0.3) is 0 Å². The zero-order valence-corrected chi connectivity index (χ0v) is 13.0. The predicted molar refractivity (Wildman–Crippen MR) is 85.5 cm³/mol. The van der Waals surface area contributed by atoms with Crippen LogP contribution < -0.4 is 10.6 Å². The van der Waals surface area contributed by atoms with Crippen LogP contribution in [0.25, 0.3) is 10.2 Å². The molecular formula is C15H19N3O2S. The summed E-state index contributed by atoms with van der Waals surface area (Å²) in [6, 6.07) is 5.74. The highest BCUT2D eigenvalue weighted by atomic mass is 32.1. The first-order valence-electron chi connectivity index (χ1n) is 7.02. The number of anilines is 1. The molecule has 2 amide bonds. The zero-order valence-electron chi connectivity index (χ0n) is 12.2. The molecule has 2 rings (SSSR count). The molecular weight excluding hydrogens is 286 g/mol. The van der Waals surface area contributed by atoms with Gasteiger partial charge in [0, 0.05) is 13.5 Å². The highest BCUT2D eigenvalue weighted by molar-refractivity contribution is 7.22. The van der Waals surface area contributed by atoms with E-state index in [4.69, 9.17) is 0 Å². The van der Waals surface area contributed by atoms with E-state index in [0.717, 1.165) is 35.2 Å². The highest BCUT2D eigenvalue weighted by Gasteiger charge is 2.08. The Kier molecular flexibility index (Phi) is 5.27. The third-order valence-corrected chi connectivity index (χ3v) is 3.89. The molecule has 6 heteroatoms. The van der Waals surface area contributed by atoms with E-state index in [1.54, 1.807) is 0 Å². The molecule has 21 heavy (non-hydrogen) atoms. The molecule has 0 aliphatic heterocycles. The largest absolute Gasteiger partial charge is 0.356 e. The van der Waals surface area contributed by atoms with Crippen LogP contribution in [0.4, 0.5) is 5.13 Å². The fourth-order valence-corrected chi connectivity index (χ4v) is 2.91. The van der Waals surface area contributed by atoms with E-state index in [2.05, 4.69) is 22.5 Å². The Bertz CT molecular complexity index is 651. The van der Waals surface area contributed by atoms with E-state index in [-0.39, 0.29) is 11.8 Å². The molecule has 0 atom stereocenters. The van der Waals surface area contributed by atoms with Crippen molar-refractivity contribution >= 4 is 38.5 Å². The fraction of sp³-hybridized carbons (Fsp3) is 0.400. The SMILES string of the molecule is CCCCNC(=O)Cc1ccc2nc(NC(C)=O)sc2c1. The minimum absolute atomic E-state index is 0.0365. The number of fused-ring (bicyclic) bond motifs is 1. The van der Waals surface area contributed by atoms with E-state index in [0.29, 0.717) is 11.6 Å². The van der Waals surface area contributed by atoms with Gasteiger partial charge in [-0.3, -0.25) is 9.59 Å². The fourth-order valence-electron chi connectivity index (χ4n) is 1.94. The average Bonchev–Trinajstić information content (AvgIpc) is 2.79. The summed E-state index contributed by atoms with van der Waals surface area (Å²) < 4.78 is 0.970. The third kappa shape index (κ3) is 4.53. The van der Waals surface area contributed by atoms with E-state index in [1.807, 2.05) is 18.2 Å². The number of benzene rings is 1. The van der Waals surface area contributed by atoms with Crippen LogP contribution in [0, 0.1) is 0 Å². The van der Waals surface area contributed by atoms with Crippen LogP contribution >= 0.6 is 11.3 Å². The third-order valence-electron chi connectivity index (χ3n) is 2.95. The Balaban J connectivity index is 2.04. The van der Waals surface area contributed by atoms with Crippen LogP contribution in [-0.2, 0) is 16.0 Å². The molecule has 1 aromatic carbocycles. The molecule has 0 unspecified atom stereocenters. The van der Waals surface area contributed by atoms with Gasteiger partial charge in [0.05, 0.1) is 16.6 Å². The molecule has 0 fully saturated rings. The van der Waals surface area contributed by atoms with E-state index >= 15 is 0 Å². The van der Waals surface area contributed by atoms with Crippen LogP contribution in [0.15, 0.2) is 18.2 Å². The van der Waals surface area contributed by atoms with Crippen molar-refractivity contribution in [2.45, 2.75) is 33.1 Å². The number of hydrogen-bond acceptors (Lipinski definition) is 4. The first kappa shape index (κ1) is 15.4. The number of carbonyl (C=O) groups is 2. The number of unbranched alkanes of at least 4 members (excludes halogenated alkanes) is 1. The van der Waals surface area contributed by atoms with Gasteiger partial charge in [0.2, 0.25) is 11.8 Å². The number of carbonyl (C=O) groups excluding carboxylic acids is 2. The lowest BCUT2D eigenvalue weighted by Crippen LogP contribution is -2.25. The number of nitrogens with one attached hydrogen (secondary N) is 2. The van der Waals surface area contributed by atoms with Gasteiger partial charge in [-0.1, -0.05) is 30.7 Å². The molecule has 0 radical (unpaired) electrons. The summed E-state index contributed by atoms with van der Waals surface area (Å²) in [7, 11) is 0. The lowest BCUT2D eigenvalue weighted by Gasteiger charge is -2.04. The van der Waals surface area contributed by atoms with Crippen molar-refractivity contribution in [3.8, 4) is 0 Å².